The van der Waals surface area contributed by atoms with Gasteiger partial charge in [0.15, 0.2) is 5.82 Å². The number of aromatic nitrogens is 2. The number of nitrogens with zero attached hydrogens (tertiary/aromatic N) is 2. The molecule has 1 aromatic carbocycles. The molecule has 20 heavy (non-hydrogen) atoms. The Hall–Kier alpha value is -1.94. The van der Waals surface area contributed by atoms with E-state index in [2.05, 4.69) is 16.9 Å². The van der Waals surface area contributed by atoms with Gasteiger partial charge >= 0.3 is 0 Å². The average Bonchev–Trinajstić information content (AvgIpc) is 2.42. The van der Waals surface area contributed by atoms with Crippen LogP contribution in [0.2, 0.25) is 0 Å². The molecule has 1 atom stereocenters. The molecule has 1 heterocycles. The first-order chi connectivity index (χ1) is 9.51. The summed E-state index contributed by atoms with van der Waals surface area (Å²) in [5.74, 6) is 1.30. The number of phenols is 1. The smallest absolute Gasteiger partial charge is 0.159 e. The van der Waals surface area contributed by atoms with E-state index in [1.54, 1.807) is 18.2 Å². The van der Waals surface area contributed by atoms with Crippen LogP contribution in [0.4, 0.5) is 0 Å². The molecule has 0 aliphatic carbocycles. The summed E-state index contributed by atoms with van der Waals surface area (Å²) in [5.41, 5.74) is 9.66. The molecular formula is C16H21N3O. The van der Waals surface area contributed by atoms with E-state index in [-0.39, 0.29) is 5.75 Å². The van der Waals surface area contributed by atoms with E-state index in [1.807, 2.05) is 19.9 Å². The van der Waals surface area contributed by atoms with Gasteiger partial charge in [-0.15, -0.1) is 0 Å². The van der Waals surface area contributed by atoms with Gasteiger partial charge in [-0.25, -0.2) is 9.97 Å². The molecule has 0 saturated heterocycles. The molecule has 0 amide bonds. The standard InChI is InChI=1S/C16H21N3O/c1-10(9-17)7-15-11(2)18-16(19-12(15)3)13-5-4-6-14(20)8-13/h4-6,8,10,20H,7,9,17H2,1-3H3. The fraction of sp³-hybridized carbons (Fsp3) is 0.375. The maximum absolute atomic E-state index is 9.55. The molecule has 0 aliphatic rings. The van der Waals surface area contributed by atoms with E-state index in [1.165, 1.54) is 5.56 Å². The van der Waals surface area contributed by atoms with Crippen LogP contribution in [0.5, 0.6) is 5.75 Å². The van der Waals surface area contributed by atoms with Crippen molar-refractivity contribution in [3.05, 3.63) is 41.2 Å². The van der Waals surface area contributed by atoms with Gasteiger partial charge in [-0.3, -0.25) is 0 Å². The molecule has 1 unspecified atom stereocenters. The van der Waals surface area contributed by atoms with Gasteiger partial charge in [0, 0.05) is 17.0 Å². The molecule has 0 spiro atoms. The molecule has 3 N–H and O–H groups in total. The highest BCUT2D eigenvalue weighted by molar-refractivity contribution is 5.58. The number of phenolic OH excluding ortho intramolecular Hbond substituents is 1. The van der Waals surface area contributed by atoms with Gasteiger partial charge in [0.1, 0.15) is 5.75 Å². The summed E-state index contributed by atoms with van der Waals surface area (Å²) in [6.45, 7) is 6.79. The Balaban J connectivity index is 2.40. The minimum atomic E-state index is 0.224. The number of aryl methyl sites for hydroxylation is 2. The zero-order chi connectivity index (χ0) is 14.7. The first-order valence-corrected chi connectivity index (χ1v) is 6.85. The summed E-state index contributed by atoms with van der Waals surface area (Å²) in [4.78, 5) is 9.14. The highest BCUT2D eigenvalue weighted by atomic mass is 16.3. The fourth-order valence-electron chi connectivity index (χ4n) is 2.24. The second kappa shape index (κ2) is 6.01. The largest absolute Gasteiger partial charge is 0.508 e. The minimum Gasteiger partial charge on any atom is -0.508 e. The van der Waals surface area contributed by atoms with E-state index < -0.39 is 0 Å². The molecule has 4 nitrogen and oxygen atoms in total. The van der Waals surface area contributed by atoms with Crippen molar-refractivity contribution in [1.82, 2.24) is 9.97 Å². The maximum atomic E-state index is 9.55. The van der Waals surface area contributed by atoms with Crippen molar-refractivity contribution in [2.75, 3.05) is 6.54 Å². The van der Waals surface area contributed by atoms with Gasteiger partial charge in [-0.05, 0) is 50.4 Å². The Kier molecular flexibility index (Phi) is 4.35. The average molecular weight is 271 g/mol. The third kappa shape index (κ3) is 3.14. The lowest BCUT2D eigenvalue weighted by Gasteiger charge is -2.14. The van der Waals surface area contributed by atoms with Crippen LogP contribution >= 0.6 is 0 Å². The summed E-state index contributed by atoms with van der Waals surface area (Å²) < 4.78 is 0. The summed E-state index contributed by atoms with van der Waals surface area (Å²) in [7, 11) is 0. The second-order valence-corrected chi connectivity index (χ2v) is 5.29. The maximum Gasteiger partial charge on any atom is 0.159 e. The van der Waals surface area contributed by atoms with E-state index in [4.69, 9.17) is 5.73 Å². The molecule has 0 fully saturated rings. The quantitative estimate of drug-likeness (QED) is 0.896. The first-order valence-electron chi connectivity index (χ1n) is 6.85. The fourth-order valence-corrected chi connectivity index (χ4v) is 2.24. The lowest BCUT2D eigenvalue weighted by atomic mass is 9.99. The lowest BCUT2D eigenvalue weighted by molar-refractivity contribution is 0.475. The van der Waals surface area contributed by atoms with Crippen molar-refractivity contribution in [2.45, 2.75) is 27.2 Å². The normalized spacial score (nSPS) is 12.4. The Morgan fingerprint density at radius 3 is 2.40 bits per heavy atom. The van der Waals surface area contributed by atoms with Crippen LogP contribution in [0, 0.1) is 19.8 Å². The third-order valence-electron chi connectivity index (χ3n) is 3.48. The van der Waals surface area contributed by atoms with Gasteiger partial charge < -0.3 is 10.8 Å². The van der Waals surface area contributed by atoms with Crippen LogP contribution in [0.3, 0.4) is 0 Å². The zero-order valence-electron chi connectivity index (χ0n) is 12.2. The van der Waals surface area contributed by atoms with Crippen molar-refractivity contribution in [2.24, 2.45) is 11.7 Å². The lowest BCUT2D eigenvalue weighted by Crippen LogP contribution is -2.15. The van der Waals surface area contributed by atoms with Crippen molar-refractivity contribution in [3.8, 4) is 17.1 Å². The van der Waals surface area contributed by atoms with Crippen molar-refractivity contribution >= 4 is 0 Å². The summed E-state index contributed by atoms with van der Waals surface area (Å²) in [6.07, 6.45) is 0.897. The van der Waals surface area contributed by atoms with E-state index in [0.717, 1.165) is 23.4 Å². The Morgan fingerprint density at radius 2 is 1.85 bits per heavy atom. The number of benzene rings is 1. The summed E-state index contributed by atoms with van der Waals surface area (Å²) >= 11 is 0. The number of hydrogen-bond acceptors (Lipinski definition) is 4. The van der Waals surface area contributed by atoms with Gasteiger partial charge in [0.2, 0.25) is 0 Å². The van der Waals surface area contributed by atoms with Crippen LogP contribution in [-0.2, 0) is 6.42 Å². The Labute approximate surface area is 119 Å². The highest BCUT2D eigenvalue weighted by Crippen LogP contribution is 2.23. The van der Waals surface area contributed by atoms with Gasteiger partial charge in [0.05, 0.1) is 0 Å². The molecule has 0 radical (unpaired) electrons. The predicted molar refractivity (Wildman–Crippen MR) is 80.5 cm³/mol. The zero-order valence-corrected chi connectivity index (χ0v) is 12.2. The van der Waals surface area contributed by atoms with Crippen LogP contribution in [-0.4, -0.2) is 21.6 Å². The molecule has 2 rings (SSSR count). The molecule has 1 aromatic heterocycles. The van der Waals surface area contributed by atoms with Crippen LogP contribution in [0.1, 0.15) is 23.9 Å². The van der Waals surface area contributed by atoms with Crippen molar-refractivity contribution in [3.63, 3.8) is 0 Å². The minimum absolute atomic E-state index is 0.224. The molecule has 4 heteroatoms. The molecule has 0 saturated carbocycles. The van der Waals surface area contributed by atoms with E-state index >= 15 is 0 Å². The Morgan fingerprint density at radius 1 is 1.20 bits per heavy atom. The van der Waals surface area contributed by atoms with Gasteiger partial charge in [-0.2, -0.15) is 0 Å². The Bertz CT molecular complexity index is 587. The first kappa shape index (κ1) is 14.5. The molecule has 0 aliphatic heterocycles. The van der Waals surface area contributed by atoms with E-state index in [9.17, 15) is 5.11 Å². The SMILES string of the molecule is Cc1nc(-c2cccc(O)c2)nc(C)c1CC(C)CN. The number of hydrogen-bond donors (Lipinski definition) is 2. The van der Waals surface area contributed by atoms with Gasteiger partial charge in [-0.1, -0.05) is 19.1 Å². The summed E-state index contributed by atoms with van der Waals surface area (Å²) in [6, 6.07) is 7.01. The number of aromatic hydroxyl groups is 1. The van der Waals surface area contributed by atoms with Crippen molar-refractivity contribution in [1.29, 1.82) is 0 Å². The van der Waals surface area contributed by atoms with Crippen molar-refractivity contribution < 1.29 is 5.11 Å². The van der Waals surface area contributed by atoms with E-state index in [0.29, 0.717) is 18.3 Å². The monoisotopic (exact) mass is 271 g/mol. The number of nitrogens with two attached hydrogens (primary N) is 1. The predicted octanol–water partition coefficient (Wildman–Crippen LogP) is 2.60. The highest BCUT2D eigenvalue weighted by Gasteiger charge is 2.12. The third-order valence-corrected chi connectivity index (χ3v) is 3.48. The second-order valence-electron chi connectivity index (χ2n) is 5.29. The number of rotatable bonds is 4. The van der Waals surface area contributed by atoms with Crippen LogP contribution < -0.4 is 5.73 Å². The van der Waals surface area contributed by atoms with Crippen LogP contribution in [0.15, 0.2) is 24.3 Å². The van der Waals surface area contributed by atoms with Crippen LogP contribution in [0.25, 0.3) is 11.4 Å². The molecule has 2 aromatic rings. The molecular weight excluding hydrogens is 250 g/mol. The topological polar surface area (TPSA) is 72.0 Å². The van der Waals surface area contributed by atoms with Gasteiger partial charge in [0.25, 0.3) is 0 Å². The molecule has 0 bridgehead atoms. The molecule has 106 valence electrons. The summed E-state index contributed by atoms with van der Waals surface area (Å²) in [5, 5.41) is 9.55.